The maximum atomic E-state index is 13.1. The third kappa shape index (κ3) is 4.10. The van der Waals surface area contributed by atoms with Crippen molar-refractivity contribution < 1.29 is 23.5 Å². The normalized spacial score (nSPS) is 10.6. The Morgan fingerprint density at radius 2 is 1.62 bits per heavy atom. The summed E-state index contributed by atoms with van der Waals surface area (Å²) >= 11 is 6.16. The summed E-state index contributed by atoms with van der Waals surface area (Å²) in [5, 5.41) is 6.42. The summed E-state index contributed by atoms with van der Waals surface area (Å²) in [7, 11) is 3.02. The van der Waals surface area contributed by atoms with Crippen LogP contribution in [0.15, 0.2) is 71.1 Å². The lowest BCUT2D eigenvalue weighted by Gasteiger charge is -2.12. The summed E-state index contributed by atoms with van der Waals surface area (Å²) in [5.74, 6) is -0.0754. The number of halogens is 1. The van der Waals surface area contributed by atoms with Gasteiger partial charge in [0.1, 0.15) is 22.8 Å². The van der Waals surface area contributed by atoms with E-state index in [0.717, 1.165) is 0 Å². The van der Waals surface area contributed by atoms with E-state index < -0.39 is 11.8 Å². The fourth-order valence-electron chi connectivity index (χ4n) is 3.24. The van der Waals surface area contributed by atoms with Crippen LogP contribution in [-0.2, 0) is 0 Å². The first-order valence-corrected chi connectivity index (χ1v) is 10.0. The first-order chi connectivity index (χ1) is 15.5. The van der Waals surface area contributed by atoms with Gasteiger partial charge in [-0.05, 0) is 36.4 Å². The highest BCUT2D eigenvalue weighted by molar-refractivity contribution is 6.34. The molecular formula is C24H19ClN2O5. The van der Waals surface area contributed by atoms with Gasteiger partial charge in [-0.3, -0.25) is 9.59 Å². The summed E-state index contributed by atoms with van der Waals surface area (Å²) < 4.78 is 16.3. The molecule has 0 radical (unpaired) electrons. The Kier molecular flexibility index (Phi) is 6.00. The highest BCUT2D eigenvalue weighted by Crippen LogP contribution is 2.34. The average Bonchev–Trinajstić information content (AvgIpc) is 3.18. The molecule has 1 heterocycles. The van der Waals surface area contributed by atoms with Crippen molar-refractivity contribution in [2.24, 2.45) is 0 Å². The molecule has 0 aliphatic rings. The largest absolute Gasteiger partial charge is 0.497 e. The van der Waals surface area contributed by atoms with Gasteiger partial charge in [-0.25, -0.2) is 0 Å². The van der Waals surface area contributed by atoms with Crippen molar-refractivity contribution in [2.75, 3.05) is 24.9 Å². The molecule has 0 fully saturated rings. The first-order valence-electron chi connectivity index (χ1n) is 9.62. The number of carbonyl (C=O) groups is 2. The number of carbonyl (C=O) groups excluding carboxylic acids is 2. The molecule has 0 unspecified atom stereocenters. The predicted molar refractivity (Wildman–Crippen MR) is 123 cm³/mol. The van der Waals surface area contributed by atoms with Gasteiger partial charge in [0.25, 0.3) is 11.8 Å². The molecule has 0 atom stereocenters. The van der Waals surface area contributed by atoms with Gasteiger partial charge in [0.2, 0.25) is 5.76 Å². The number of para-hydroxylation sites is 1. The zero-order valence-corrected chi connectivity index (χ0v) is 18.0. The number of nitrogens with one attached hydrogen (secondary N) is 2. The van der Waals surface area contributed by atoms with Crippen LogP contribution in [0.3, 0.4) is 0 Å². The number of hydrogen-bond acceptors (Lipinski definition) is 5. The minimum absolute atomic E-state index is 0.0514. The van der Waals surface area contributed by atoms with Crippen LogP contribution in [-0.4, -0.2) is 26.0 Å². The van der Waals surface area contributed by atoms with Crippen LogP contribution in [0.5, 0.6) is 11.5 Å². The van der Waals surface area contributed by atoms with E-state index in [9.17, 15) is 9.59 Å². The zero-order valence-electron chi connectivity index (χ0n) is 17.3. The van der Waals surface area contributed by atoms with E-state index in [1.807, 2.05) is 0 Å². The summed E-state index contributed by atoms with van der Waals surface area (Å²) in [6.45, 7) is 0. The van der Waals surface area contributed by atoms with E-state index >= 15 is 0 Å². The maximum absolute atomic E-state index is 13.1. The van der Waals surface area contributed by atoms with Crippen molar-refractivity contribution in [2.45, 2.75) is 0 Å². The van der Waals surface area contributed by atoms with Crippen LogP contribution in [0.25, 0.3) is 11.0 Å². The number of hydrogen-bond donors (Lipinski definition) is 2. The monoisotopic (exact) mass is 450 g/mol. The van der Waals surface area contributed by atoms with Gasteiger partial charge in [0, 0.05) is 11.5 Å². The quantitative estimate of drug-likeness (QED) is 0.398. The molecule has 3 aromatic carbocycles. The minimum atomic E-state index is -0.556. The Morgan fingerprint density at radius 3 is 2.38 bits per heavy atom. The number of rotatable bonds is 6. The van der Waals surface area contributed by atoms with E-state index in [1.165, 1.54) is 14.2 Å². The van der Waals surface area contributed by atoms with Crippen LogP contribution in [0, 0.1) is 0 Å². The number of anilines is 2. The van der Waals surface area contributed by atoms with Gasteiger partial charge in [-0.1, -0.05) is 35.9 Å². The maximum Gasteiger partial charge on any atom is 0.293 e. The second kappa shape index (κ2) is 9.03. The van der Waals surface area contributed by atoms with Gasteiger partial charge < -0.3 is 24.5 Å². The van der Waals surface area contributed by atoms with Crippen LogP contribution in [0.1, 0.15) is 20.9 Å². The number of fused-ring (bicyclic) bond motifs is 1. The van der Waals surface area contributed by atoms with Crippen LogP contribution >= 0.6 is 11.6 Å². The fraction of sp³-hybridized carbons (Fsp3) is 0.0833. The van der Waals surface area contributed by atoms with Crippen LogP contribution in [0.4, 0.5) is 11.4 Å². The van der Waals surface area contributed by atoms with E-state index in [4.69, 9.17) is 25.5 Å². The number of methoxy groups -OCH3 is 2. The Morgan fingerprint density at radius 1 is 0.875 bits per heavy atom. The van der Waals surface area contributed by atoms with Crippen molar-refractivity contribution in [3.05, 3.63) is 83.1 Å². The van der Waals surface area contributed by atoms with Gasteiger partial charge >= 0.3 is 0 Å². The number of furan rings is 1. The molecule has 7 nitrogen and oxygen atoms in total. The molecule has 2 amide bonds. The average molecular weight is 451 g/mol. The molecule has 32 heavy (non-hydrogen) atoms. The lowest BCUT2D eigenvalue weighted by molar-refractivity contribution is 0.0999. The second-order valence-corrected chi connectivity index (χ2v) is 7.16. The molecular weight excluding hydrogens is 432 g/mol. The Balaban J connectivity index is 1.71. The summed E-state index contributed by atoms with van der Waals surface area (Å²) in [6, 6.07) is 18.7. The van der Waals surface area contributed by atoms with Crippen molar-refractivity contribution in [1.29, 1.82) is 0 Å². The first kappa shape index (κ1) is 21.3. The van der Waals surface area contributed by atoms with E-state index in [-0.39, 0.29) is 17.0 Å². The Labute approximate surface area is 188 Å². The minimum Gasteiger partial charge on any atom is -0.497 e. The molecule has 162 valence electrons. The molecule has 4 aromatic rings. The molecule has 8 heteroatoms. The molecule has 0 saturated carbocycles. The zero-order chi connectivity index (χ0) is 22.7. The highest BCUT2D eigenvalue weighted by atomic mass is 35.5. The van der Waals surface area contributed by atoms with Crippen molar-refractivity contribution >= 4 is 45.8 Å². The van der Waals surface area contributed by atoms with Crippen LogP contribution in [0.2, 0.25) is 5.02 Å². The van der Waals surface area contributed by atoms with Crippen molar-refractivity contribution in [1.82, 2.24) is 0 Å². The molecule has 0 bridgehead atoms. The molecule has 0 saturated heterocycles. The molecule has 1 aromatic heterocycles. The lowest BCUT2D eigenvalue weighted by Crippen LogP contribution is -2.17. The van der Waals surface area contributed by atoms with E-state index in [2.05, 4.69) is 10.6 Å². The highest BCUT2D eigenvalue weighted by Gasteiger charge is 2.24. The van der Waals surface area contributed by atoms with Crippen LogP contribution < -0.4 is 20.1 Å². The Hall–Kier alpha value is -3.97. The SMILES string of the molecule is COc1ccc(NC(=O)c2oc3ccccc3c2NC(=O)c2ccccc2Cl)c(OC)c1. The molecule has 0 aliphatic heterocycles. The van der Waals surface area contributed by atoms with Gasteiger partial charge in [0.15, 0.2) is 0 Å². The second-order valence-electron chi connectivity index (χ2n) is 6.76. The van der Waals surface area contributed by atoms with E-state index in [0.29, 0.717) is 33.2 Å². The number of ether oxygens (including phenoxy) is 2. The number of benzene rings is 3. The number of amides is 2. The smallest absolute Gasteiger partial charge is 0.293 e. The predicted octanol–water partition coefficient (Wildman–Crippen LogP) is 5.61. The topological polar surface area (TPSA) is 89.8 Å². The van der Waals surface area contributed by atoms with Crippen molar-refractivity contribution in [3.8, 4) is 11.5 Å². The third-order valence-electron chi connectivity index (χ3n) is 4.82. The molecule has 0 aliphatic carbocycles. The summed E-state index contributed by atoms with van der Waals surface area (Å²) in [5.41, 5.74) is 1.40. The van der Waals surface area contributed by atoms with E-state index in [1.54, 1.807) is 66.7 Å². The molecule has 2 N–H and O–H groups in total. The molecule has 4 rings (SSSR count). The van der Waals surface area contributed by atoms with Gasteiger partial charge in [0.05, 0.1) is 30.5 Å². The third-order valence-corrected chi connectivity index (χ3v) is 5.15. The van der Waals surface area contributed by atoms with Gasteiger partial charge in [-0.2, -0.15) is 0 Å². The summed E-state index contributed by atoms with van der Waals surface area (Å²) in [4.78, 5) is 26.0. The standard InChI is InChI=1S/C24H19ClN2O5/c1-30-14-11-12-18(20(13-14)31-2)26-24(29)22-21(16-8-4-6-10-19(16)32-22)27-23(28)15-7-3-5-9-17(15)25/h3-13H,1-2H3,(H,26,29)(H,27,28). The van der Waals surface area contributed by atoms with Crippen molar-refractivity contribution in [3.63, 3.8) is 0 Å². The lowest BCUT2D eigenvalue weighted by atomic mass is 10.1. The summed E-state index contributed by atoms with van der Waals surface area (Å²) in [6.07, 6.45) is 0. The Bertz CT molecular complexity index is 1310. The van der Waals surface area contributed by atoms with Gasteiger partial charge in [-0.15, -0.1) is 0 Å². The fourth-order valence-corrected chi connectivity index (χ4v) is 3.46. The molecule has 0 spiro atoms.